The van der Waals surface area contributed by atoms with Crippen LogP contribution >= 0.6 is 0 Å². The van der Waals surface area contributed by atoms with Crippen molar-refractivity contribution in [1.29, 1.82) is 0 Å². The summed E-state index contributed by atoms with van der Waals surface area (Å²) in [6.07, 6.45) is 0.120. The molecule has 2 aliphatic heterocycles. The van der Waals surface area contributed by atoms with Gasteiger partial charge in [0.15, 0.2) is 9.84 Å². The van der Waals surface area contributed by atoms with Crippen LogP contribution in [0.25, 0.3) is 0 Å². The first-order chi connectivity index (χ1) is 7.69. The molecule has 0 aromatic rings. The Morgan fingerprint density at radius 2 is 2.00 bits per heavy atom. The molecular weight excluding hydrogens is 240 g/mol. The van der Waals surface area contributed by atoms with E-state index in [4.69, 9.17) is 10.5 Å². The van der Waals surface area contributed by atoms with E-state index in [1.165, 1.54) is 0 Å². The molecule has 0 aromatic heterocycles. The van der Waals surface area contributed by atoms with Crippen molar-refractivity contribution >= 4 is 9.84 Å². The van der Waals surface area contributed by atoms with E-state index >= 15 is 0 Å². The molecule has 2 rings (SSSR count). The van der Waals surface area contributed by atoms with Crippen molar-refractivity contribution in [2.24, 2.45) is 5.73 Å². The fraction of sp³-hybridized carbons (Fsp3) is 1.00. The first-order valence-electron chi connectivity index (χ1n) is 6.06. The van der Waals surface area contributed by atoms with Crippen LogP contribution in [0.4, 0.5) is 0 Å². The van der Waals surface area contributed by atoms with Gasteiger partial charge in [-0.15, -0.1) is 0 Å². The summed E-state index contributed by atoms with van der Waals surface area (Å²) in [4.78, 5) is 2.18. The molecule has 0 aromatic carbocycles. The molecule has 2 aliphatic rings. The maximum Gasteiger partial charge on any atom is 0.153 e. The van der Waals surface area contributed by atoms with E-state index in [1.807, 2.05) is 20.8 Å². The van der Waals surface area contributed by atoms with E-state index in [-0.39, 0.29) is 35.3 Å². The smallest absolute Gasteiger partial charge is 0.153 e. The number of nitrogens with two attached hydrogens (primary N) is 1. The van der Waals surface area contributed by atoms with Crippen molar-refractivity contribution in [3.8, 4) is 0 Å². The molecule has 0 radical (unpaired) electrons. The normalized spacial score (nSPS) is 41.5. The maximum atomic E-state index is 11.6. The maximum absolute atomic E-state index is 11.6. The molecule has 2 fully saturated rings. The lowest BCUT2D eigenvalue weighted by Crippen LogP contribution is -2.58. The van der Waals surface area contributed by atoms with Gasteiger partial charge in [0, 0.05) is 25.2 Å². The van der Waals surface area contributed by atoms with Gasteiger partial charge in [0.2, 0.25) is 0 Å². The second kappa shape index (κ2) is 4.19. The van der Waals surface area contributed by atoms with E-state index in [2.05, 4.69) is 4.90 Å². The number of ether oxygens (including phenoxy) is 1. The standard InChI is InChI=1S/C11H22N2O3S/c1-8-4-13(7-11(2,3)16-8)10-6-17(14,15)5-9(10)12/h8-10H,4-7,12H2,1-3H3. The van der Waals surface area contributed by atoms with Crippen molar-refractivity contribution in [2.75, 3.05) is 24.6 Å². The molecule has 2 saturated heterocycles. The van der Waals surface area contributed by atoms with Crippen LogP contribution in [0, 0.1) is 0 Å². The van der Waals surface area contributed by atoms with Gasteiger partial charge in [0.25, 0.3) is 0 Å². The largest absolute Gasteiger partial charge is 0.370 e. The number of nitrogens with zero attached hydrogens (tertiary/aromatic N) is 1. The molecule has 6 heteroatoms. The molecule has 3 atom stereocenters. The van der Waals surface area contributed by atoms with Crippen LogP contribution < -0.4 is 5.73 Å². The highest BCUT2D eigenvalue weighted by Gasteiger charge is 2.43. The average molecular weight is 262 g/mol. The van der Waals surface area contributed by atoms with Crippen molar-refractivity contribution < 1.29 is 13.2 Å². The minimum Gasteiger partial charge on any atom is -0.370 e. The first-order valence-corrected chi connectivity index (χ1v) is 7.88. The first kappa shape index (κ1) is 13.3. The number of morpholine rings is 1. The zero-order valence-corrected chi connectivity index (χ0v) is 11.5. The van der Waals surface area contributed by atoms with Gasteiger partial charge in [-0.05, 0) is 20.8 Å². The quantitative estimate of drug-likeness (QED) is 0.697. The van der Waals surface area contributed by atoms with Crippen molar-refractivity contribution in [3.63, 3.8) is 0 Å². The Morgan fingerprint density at radius 3 is 2.47 bits per heavy atom. The molecule has 0 bridgehead atoms. The van der Waals surface area contributed by atoms with E-state index in [0.717, 1.165) is 13.1 Å². The summed E-state index contributed by atoms with van der Waals surface area (Å²) < 4.78 is 29.0. The summed E-state index contributed by atoms with van der Waals surface area (Å²) in [7, 11) is -2.96. The fourth-order valence-corrected chi connectivity index (χ4v) is 4.91. The average Bonchev–Trinajstić information content (AvgIpc) is 2.36. The summed E-state index contributed by atoms with van der Waals surface area (Å²) in [6.45, 7) is 7.58. The molecule has 3 unspecified atom stereocenters. The van der Waals surface area contributed by atoms with E-state index in [9.17, 15) is 8.42 Å². The highest BCUT2D eigenvalue weighted by molar-refractivity contribution is 7.91. The topological polar surface area (TPSA) is 72.6 Å². The molecule has 2 N–H and O–H groups in total. The molecule has 17 heavy (non-hydrogen) atoms. The van der Waals surface area contributed by atoms with Crippen LogP contribution in [-0.4, -0.2) is 61.7 Å². The second-order valence-electron chi connectivity index (χ2n) is 5.93. The molecule has 100 valence electrons. The summed E-state index contributed by atoms with van der Waals surface area (Å²) in [5, 5.41) is 0. The van der Waals surface area contributed by atoms with Crippen molar-refractivity contribution in [2.45, 2.75) is 44.6 Å². The lowest BCUT2D eigenvalue weighted by molar-refractivity contribution is -0.136. The Labute approximate surface area is 103 Å². The highest BCUT2D eigenvalue weighted by Crippen LogP contribution is 2.26. The lowest BCUT2D eigenvalue weighted by Gasteiger charge is -2.44. The zero-order valence-electron chi connectivity index (χ0n) is 10.7. The number of sulfone groups is 1. The molecular formula is C11H22N2O3S. The Morgan fingerprint density at radius 1 is 1.35 bits per heavy atom. The van der Waals surface area contributed by atoms with Crippen LogP contribution in [0.3, 0.4) is 0 Å². The fourth-order valence-electron chi connectivity index (χ4n) is 2.99. The van der Waals surface area contributed by atoms with Gasteiger partial charge in [-0.2, -0.15) is 0 Å². The predicted octanol–water partition coefficient (Wildman–Crippen LogP) is -0.390. The van der Waals surface area contributed by atoms with Crippen LogP contribution in [0.15, 0.2) is 0 Å². The second-order valence-corrected chi connectivity index (χ2v) is 8.08. The van der Waals surface area contributed by atoms with Crippen molar-refractivity contribution in [1.82, 2.24) is 4.90 Å². The van der Waals surface area contributed by atoms with E-state index in [1.54, 1.807) is 0 Å². The molecule has 2 heterocycles. The summed E-state index contributed by atoms with van der Waals surface area (Å²) in [6, 6.07) is -0.313. The molecule has 0 saturated carbocycles. The van der Waals surface area contributed by atoms with Gasteiger partial charge in [0.1, 0.15) is 0 Å². The Balaban J connectivity index is 2.12. The summed E-state index contributed by atoms with van der Waals surface area (Å²) in [5.41, 5.74) is 5.73. The van der Waals surface area contributed by atoms with Gasteiger partial charge in [-0.25, -0.2) is 8.42 Å². The number of hydrogen-bond donors (Lipinski definition) is 1. The third-order valence-electron chi connectivity index (χ3n) is 3.43. The van der Waals surface area contributed by atoms with Crippen LogP contribution in [0.5, 0.6) is 0 Å². The van der Waals surface area contributed by atoms with E-state index in [0.29, 0.717) is 0 Å². The Kier molecular flexibility index (Phi) is 3.27. The van der Waals surface area contributed by atoms with Crippen LogP contribution in [0.2, 0.25) is 0 Å². The van der Waals surface area contributed by atoms with E-state index < -0.39 is 9.84 Å². The minimum atomic E-state index is -2.96. The minimum absolute atomic E-state index is 0.0503. The highest BCUT2D eigenvalue weighted by atomic mass is 32.2. The Bertz CT molecular complexity index is 394. The number of hydrogen-bond acceptors (Lipinski definition) is 5. The summed E-state index contributed by atoms with van der Waals surface area (Å²) >= 11 is 0. The third kappa shape index (κ3) is 2.99. The third-order valence-corrected chi connectivity index (χ3v) is 5.17. The molecule has 0 amide bonds. The van der Waals surface area contributed by atoms with Gasteiger partial charge < -0.3 is 10.5 Å². The van der Waals surface area contributed by atoms with Crippen LogP contribution in [0.1, 0.15) is 20.8 Å². The lowest BCUT2D eigenvalue weighted by atomic mass is 10.0. The van der Waals surface area contributed by atoms with Gasteiger partial charge in [-0.3, -0.25) is 4.90 Å². The summed E-state index contributed by atoms with van der Waals surface area (Å²) in [5.74, 6) is 0.306. The zero-order chi connectivity index (χ0) is 12.8. The molecule has 0 spiro atoms. The van der Waals surface area contributed by atoms with Gasteiger partial charge >= 0.3 is 0 Å². The van der Waals surface area contributed by atoms with Gasteiger partial charge in [0.05, 0.1) is 23.2 Å². The van der Waals surface area contributed by atoms with Crippen molar-refractivity contribution in [3.05, 3.63) is 0 Å². The SMILES string of the molecule is CC1CN(C2CS(=O)(=O)CC2N)CC(C)(C)O1. The Hall–Kier alpha value is -0.170. The monoisotopic (exact) mass is 262 g/mol. The predicted molar refractivity (Wildman–Crippen MR) is 66.6 cm³/mol. The van der Waals surface area contributed by atoms with Crippen LogP contribution in [-0.2, 0) is 14.6 Å². The number of rotatable bonds is 1. The van der Waals surface area contributed by atoms with Gasteiger partial charge in [-0.1, -0.05) is 0 Å². The molecule has 0 aliphatic carbocycles. The molecule has 5 nitrogen and oxygen atoms in total.